The van der Waals surface area contributed by atoms with Gasteiger partial charge in [-0.2, -0.15) is 0 Å². The normalized spacial score (nSPS) is 11.8. The fourth-order valence-electron chi connectivity index (χ4n) is 1.28. The van der Waals surface area contributed by atoms with E-state index in [0.717, 1.165) is 0 Å². The third kappa shape index (κ3) is 2.48. The minimum Gasteiger partial charge on any atom is -0.322 e. The van der Waals surface area contributed by atoms with Gasteiger partial charge in [0.05, 0.1) is 0 Å². The molecule has 1 rings (SSSR count). The smallest absolute Gasteiger partial charge is 0.0352 e. The SMILES string of the molecule is CSc1ccc(C(C)(C)N)cc1C. The summed E-state index contributed by atoms with van der Waals surface area (Å²) in [6, 6.07) is 6.43. The average molecular weight is 195 g/mol. The molecule has 0 aromatic heterocycles. The zero-order valence-corrected chi connectivity index (χ0v) is 9.53. The summed E-state index contributed by atoms with van der Waals surface area (Å²) in [6.07, 6.45) is 2.09. The molecule has 0 aliphatic heterocycles. The maximum absolute atomic E-state index is 6.01. The Bertz CT molecular complexity index is 299. The fraction of sp³-hybridized carbons (Fsp3) is 0.455. The van der Waals surface area contributed by atoms with Crippen LogP contribution in [-0.2, 0) is 5.54 Å². The minimum absolute atomic E-state index is 0.234. The molecule has 1 aromatic rings. The molecule has 0 bridgehead atoms. The number of benzene rings is 1. The van der Waals surface area contributed by atoms with E-state index in [2.05, 4.69) is 31.4 Å². The molecule has 0 heterocycles. The van der Waals surface area contributed by atoms with E-state index in [0.29, 0.717) is 0 Å². The Labute approximate surface area is 84.7 Å². The molecule has 1 nitrogen and oxygen atoms in total. The van der Waals surface area contributed by atoms with Gasteiger partial charge in [-0.3, -0.25) is 0 Å². The van der Waals surface area contributed by atoms with Crippen molar-refractivity contribution < 1.29 is 0 Å². The lowest BCUT2D eigenvalue weighted by Crippen LogP contribution is -2.28. The van der Waals surface area contributed by atoms with E-state index in [-0.39, 0.29) is 5.54 Å². The molecule has 0 atom stereocenters. The van der Waals surface area contributed by atoms with Gasteiger partial charge in [0.25, 0.3) is 0 Å². The van der Waals surface area contributed by atoms with Crippen LogP contribution in [0.4, 0.5) is 0 Å². The van der Waals surface area contributed by atoms with Crippen LogP contribution in [0, 0.1) is 6.92 Å². The second kappa shape index (κ2) is 3.72. The van der Waals surface area contributed by atoms with Gasteiger partial charge < -0.3 is 5.73 Å². The summed E-state index contributed by atoms with van der Waals surface area (Å²) >= 11 is 1.77. The lowest BCUT2D eigenvalue weighted by atomic mass is 9.94. The predicted octanol–water partition coefficient (Wildman–Crippen LogP) is 2.91. The van der Waals surface area contributed by atoms with Crippen molar-refractivity contribution in [3.63, 3.8) is 0 Å². The standard InChI is InChI=1S/C11H17NS/c1-8-7-9(11(2,3)12)5-6-10(8)13-4/h5-7H,12H2,1-4H3. The van der Waals surface area contributed by atoms with Crippen molar-refractivity contribution in [3.05, 3.63) is 29.3 Å². The predicted molar refractivity (Wildman–Crippen MR) is 60.2 cm³/mol. The first-order valence-corrected chi connectivity index (χ1v) is 5.61. The Morgan fingerprint density at radius 1 is 1.31 bits per heavy atom. The third-order valence-electron chi connectivity index (χ3n) is 2.14. The molecule has 0 spiro atoms. The summed E-state index contributed by atoms with van der Waals surface area (Å²) in [5, 5.41) is 0. The van der Waals surface area contributed by atoms with Crippen LogP contribution >= 0.6 is 11.8 Å². The average Bonchev–Trinajstić information content (AvgIpc) is 2.02. The van der Waals surface area contributed by atoms with Crippen LogP contribution in [0.15, 0.2) is 23.1 Å². The van der Waals surface area contributed by atoms with E-state index >= 15 is 0 Å². The van der Waals surface area contributed by atoms with Crippen LogP contribution in [0.25, 0.3) is 0 Å². The molecule has 0 saturated heterocycles. The number of rotatable bonds is 2. The first-order valence-electron chi connectivity index (χ1n) is 4.39. The summed E-state index contributed by atoms with van der Waals surface area (Å²) in [4.78, 5) is 1.33. The highest BCUT2D eigenvalue weighted by molar-refractivity contribution is 7.98. The molecule has 72 valence electrons. The third-order valence-corrected chi connectivity index (χ3v) is 3.04. The van der Waals surface area contributed by atoms with Gasteiger partial charge in [-0.05, 0) is 44.2 Å². The van der Waals surface area contributed by atoms with E-state index in [1.54, 1.807) is 11.8 Å². The lowest BCUT2D eigenvalue weighted by Gasteiger charge is -2.20. The van der Waals surface area contributed by atoms with Crippen molar-refractivity contribution in [2.75, 3.05) is 6.26 Å². The molecule has 0 unspecified atom stereocenters. The van der Waals surface area contributed by atoms with E-state index in [4.69, 9.17) is 5.73 Å². The Balaban J connectivity index is 3.10. The van der Waals surface area contributed by atoms with Crippen molar-refractivity contribution in [3.8, 4) is 0 Å². The van der Waals surface area contributed by atoms with Gasteiger partial charge in [-0.15, -0.1) is 11.8 Å². The van der Waals surface area contributed by atoms with Crippen molar-refractivity contribution in [2.24, 2.45) is 5.73 Å². The first-order chi connectivity index (χ1) is 5.95. The van der Waals surface area contributed by atoms with Crippen LogP contribution in [0.2, 0.25) is 0 Å². The Kier molecular flexibility index (Phi) is 3.04. The van der Waals surface area contributed by atoms with Gasteiger partial charge in [0, 0.05) is 10.4 Å². The maximum Gasteiger partial charge on any atom is 0.0352 e. The maximum atomic E-state index is 6.01. The highest BCUT2D eigenvalue weighted by Crippen LogP contribution is 2.24. The molecule has 0 aliphatic carbocycles. The van der Waals surface area contributed by atoms with E-state index in [9.17, 15) is 0 Å². The molecule has 2 N–H and O–H groups in total. The molecular formula is C11H17NS. The molecule has 0 amide bonds. The Morgan fingerprint density at radius 3 is 2.31 bits per heavy atom. The second-order valence-electron chi connectivity index (χ2n) is 3.91. The number of hydrogen-bond donors (Lipinski definition) is 1. The van der Waals surface area contributed by atoms with Gasteiger partial charge in [0.2, 0.25) is 0 Å². The van der Waals surface area contributed by atoms with Gasteiger partial charge in [0.15, 0.2) is 0 Å². The van der Waals surface area contributed by atoms with E-state index in [1.807, 2.05) is 13.8 Å². The zero-order valence-electron chi connectivity index (χ0n) is 8.72. The van der Waals surface area contributed by atoms with Crippen molar-refractivity contribution in [1.82, 2.24) is 0 Å². The van der Waals surface area contributed by atoms with Crippen LogP contribution in [0.3, 0.4) is 0 Å². The number of aryl methyl sites for hydroxylation is 1. The summed E-state index contributed by atoms with van der Waals surface area (Å²) in [5.74, 6) is 0. The minimum atomic E-state index is -0.234. The molecule has 2 heteroatoms. The largest absolute Gasteiger partial charge is 0.322 e. The molecule has 1 aromatic carbocycles. The molecule has 0 fully saturated rings. The quantitative estimate of drug-likeness (QED) is 0.734. The zero-order chi connectivity index (χ0) is 10.1. The van der Waals surface area contributed by atoms with Crippen LogP contribution in [-0.4, -0.2) is 6.26 Å². The summed E-state index contributed by atoms with van der Waals surface area (Å²) in [7, 11) is 0. The van der Waals surface area contributed by atoms with E-state index in [1.165, 1.54) is 16.0 Å². The van der Waals surface area contributed by atoms with Crippen LogP contribution in [0.5, 0.6) is 0 Å². The molecule has 13 heavy (non-hydrogen) atoms. The fourth-order valence-corrected chi connectivity index (χ4v) is 1.86. The van der Waals surface area contributed by atoms with Gasteiger partial charge in [0.1, 0.15) is 0 Å². The molecular weight excluding hydrogens is 178 g/mol. The number of nitrogens with two attached hydrogens (primary N) is 1. The molecule has 0 saturated carbocycles. The topological polar surface area (TPSA) is 26.0 Å². The van der Waals surface area contributed by atoms with Crippen molar-refractivity contribution in [1.29, 1.82) is 0 Å². The van der Waals surface area contributed by atoms with Crippen molar-refractivity contribution in [2.45, 2.75) is 31.2 Å². The summed E-state index contributed by atoms with van der Waals surface area (Å²) in [5.41, 5.74) is 8.28. The Morgan fingerprint density at radius 2 is 1.92 bits per heavy atom. The lowest BCUT2D eigenvalue weighted by molar-refractivity contribution is 0.553. The highest BCUT2D eigenvalue weighted by atomic mass is 32.2. The van der Waals surface area contributed by atoms with E-state index < -0.39 is 0 Å². The summed E-state index contributed by atoms with van der Waals surface area (Å²) < 4.78 is 0. The monoisotopic (exact) mass is 195 g/mol. The first kappa shape index (κ1) is 10.6. The second-order valence-corrected chi connectivity index (χ2v) is 4.75. The number of thioether (sulfide) groups is 1. The van der Waals surface area contributed by atoms with Gasteiger partial charge in [-0.1, -0.05) is 12.1 Å². The van der Waals surface area contributed by atoms with Crippen molar-refractivity contribution >= 4 is 11.8 Å². The Hall–Kier alpha value is -0.470. The molecule has 0 radical (unpaired) electrons. The molecule has 0 aliphatic rings. The highest BCUT2D eigenvalue weighted by Gasteiger charge is 2.14. The summed E-state index contributed by atoms with van der Waals surface area (Å²) in [6.45, 7) is 6.18. The van der Waals surface area contributed by atoms with Gasteiger partial charge in [-0.25, -0.2) is 0 Å². The van der Waals surface area contributed by atoms with Crippen LogP contribution in [0.1, 0.15) is 25.0 Å². The van der Waals surface area contributed by atoms with Crippen LogP contribution < -0.4 is 5.73 Å². The number of hydrogen-bond acceptors (Lipinski definition) is 2. The van der Waals surface area contributed by atoms with Gasteiger partial charge >= 0.3 is 0 Å².